The zero-order valence-corrected chi connectivity index (χ0v) is 8.34. The Hall–Kier alpha value is -0.200. The summed E-state index contributed by atoms with van der Waals surface area (Å²) in [6.07, 6.45) is -1.50. The Bertz CT molecular complexity index is 174. The molecule has 0 aliphatic carbocycles. The van der Waals surface area contributed by atoms with Crippen LogP contribution in [0.5, 0.6) is 0 Å². The SMILES string of the molecule is CCC[C@H]1O[C@H](CO)[C@H](O)[C@H](O)[C@H]1N. The number of nitrogens with two attached hydrogens (primary N) is 1. The Morgan fingerprint density at radius 2 is 1.86 bits per heavy atom. The molecule has 0 aromatic rings. The molecule has 5 N–H and O–H groups in total. The maximum atomic E-state index is 9.58. The van der Waals surface area contributed by atoms with Gasteiger partial charge in [0.1, 0.15) is 18.3 Å². The van der Waals surface area contributed by atoms with Gasteiger partial charge >= 0.3 is 0 Å². The van der Waals surface area contributed by atoms with E-state index in [1.165, 1.54) is 0 Å². The molecule has 5 heteroatoms. The lowest BCUT2D eigenvalue weighted by atomic mass is 9.91. The third kappa shape index (κ3) is 2.24. The van der Waals surface area contributed by atoms with Crippen molar-refractivity contribution in [2.24, 2.45) is 5.73 Å². The molecule has 0 amide bonds. The first-order valence-electron chi connectivity index (χ1n) is 4.99. The van der Waals surface area contributed by atoms with E-state index in [1.54, 1.807) is 0 Å². The van der Waals surface area contributed by atoms with E-state index in [0.717, 1.165) is 12.8 Å². The molecule has 5 atom stereocenters. The molecule has 0 saturated carbocycles. The highest BCUT2D eigenvalue weighted by Gasteiger charge is 2.41. The normalized spacial score (nSPS) is 43.9. The van der Waals surface area contributed by atoms with Gasteiger partial charge in [-0.3, -0.25) is 0 Å². The van der Waals surface area contributed by atoms with Crippen molar-refractivity contribution in [2.75, 3.05) is 6.61 Å². The highest BCUT2D eigenvalue weighted by Crippen LogP contribution is 2.22. The maximum Gasteiger partial charge on any atom is 0.110 e. The van der Waals surface area contributed by atoms with Crippen LogP contribution in [-0.2, 0) is 4.74 Å². The van der Waals surface area contributed by atoms with Gasteiger partial charge in [-0.15, -0.1) is 0 Å². The molecular weight excluding hydrogens is 186 g/mol. The fraction of sp³-hybridized carbons (Fsp3) is 1.00. The smallest absolute Gasteiger partial charge is 0.110 e. The van der Waals surface area contributed by atoms with Gasteiger partial charge in [0.25, 0.3) is 0 Å². The molecular formula is C9H19NO4. The lowest BCUT2D eigenvalue weighted by molar-refractivity contribution is -0.190. The first kappa shape index (κ1) is 11.9. The van der Waals surface area contributed by atoms with E-state index >= 15 is 0 Å². The first-order valence-corrected chi connectivity index (χ1v) is 4.99. The van der Waals surface area contributed by atoms with Crippen LogP contribution in [0.2, 0.25) is 0 Å². The minimum Gasteiger partial charge on any atom is -0.394 e. The van der Waals surface area contributed by atoms with Crippen LogP contribution < -0.4 is 5.73 Å². The molecule has 1 saturated heterocycles. The molecule has 84 valence electrons. The average Bonchev–Trinajstić information content (AvgIpc) is 2.19. The van der Waals surface area contributed by atoms with Crippen molar-refractivity contribution in [3.8, 4) is 0 Å². The lowest BCUT2D eigenvalue weighted by Crippen LogP contribution is -2.61. The highest BCUT2D eigenvalue weighted by molar-refractivity contribution is 4.94. The van der Waals surface area contributed by atoms with Gasteiger partial charge < -0.3 is 25.8 Å². The molecule has 1 fully saturated rings. The van der Waals surface area contributed by atoms with Gasteiger partial charge in [-0.05, 0) is 6.42 Å². The minimum atomic E-state index is -1.09. The van der Waals surface area contributed by atoms with Crippen LogP contribution in [0.25, 0.3) is 0 Å². The standard InChI is InChI=1S/C9H19NO4/c1-2-3-5-7(10)9(13)8(12)6(4-11)14-5/h5-9,11-13H,2-4,10H2,1H3/t5-,6-,7+,8+,9-/m1/s1. The molecule has 1 rings (SSSR count). The van der Waals surface area contributed by atoms with Crippen LogP contribution >= 0.6 is 0 Å². The Balaban J connectivity index is 2.63. The average molecular weight is 205 g/mol. The Kier molecular flexibility index (Phi) is 4.28. The summed E-state index contributed by atoms with van der Waals surface area (Å²) in [5, 5.41) is 28.0. The van der Waals surface area contributed by atoms with Gasteiger partial charge in [-0.25, -0.2) is 0 Å². The van der Waals surface area contributed by atoms with E-state index in [9.17, 15) is 10.2 Å². The predicted molar refractivity (Wildman–Crippen MR) is 50.6 cm³/mol. The minimum absolute atomic E-state index is 0.282. The molecule has 0 bridgehead atoms. The molecule has 0 aromatic carbocycles. The summed E-state index contributed by atoms with van der Waals surface area (Å²) in [5.74, 6) is 0. The van der Waals surface area contributed by atoms with E-state index in [-0.39, 0.29) is 12.7 Å². The quantitative estimate of drug-likeness (QED) is 0.454. The summed E-state index contributed by atoms with van der Waals surface area (Å²) in [5.41, 5.74) is 5.70. The second-order valence-electron chi connectivity index (χ2n) is 3.74. The number of aliphatic hydroxyl groups excluding tert-OH is 3. The topological polar surface area (TPSA) is 95.9 Å². The molecule has 1 aliphatic rings. The molecule has 5 nitrogen and oxygen atoms in total. The number of aliphatic hydroxyl groups is 3. The predicted octanol–water partition coefficient (Wildman–Crippen LogP) is -1.40. The van der Waals surface area contributed by atoms with Crippen LogP contribution in [0.1, 0.15) is 19.8 Å². The maximum absolute atomic E-state index is 9.58. The van der Waals surface area contributed by atoms with E-state index in [0.29, 0.717) is 0 Å². The fourth-order valence-electron chi connectivity index (χ4n) is 1.76. The molecule has 1 aliphatic heterocycles. The lowest BCUT2D eigenvalue weighted by Gasteiger charge is -2.40. The molecule has 0 aromatic heterocycles. The number of rotatable bonds is 3. The second kappa shape index (κ2) is 5.04. The monoisotopic (exact) mass is 205 g/mol. The van der Waals surface area contributed by atoms with Crippen LogP contribution in [0.4, 0.5) is 0 Å². The zero-order valence-electron chi connectivity index (χ0n) is 8.34. The fourth-order valence-corrected chi connectivity index (χ4v) is 1.76. The molecule has 0 radical (unpaired) electrons. The van der Waals surface area contributed by atoms with Gasteiger partial charge in [0, 0.05) is 0 Å². The van der Waals surface area contributed by atoms with Crippen molar-refractivity contribution in [2.45, 2.75) is 50.2 Å². The summed E-state index contributed by atoms with van der Waals surface area (Å²) in [6.45, 7) is 1.69. The van der Waals surface area contributed by atoms with E-state index in [4.69, 9.17) is 15.6 Å². The van der Waals surface area contributed by atoms with Crippen molar-refractivity contribution < 1.29 is 20.1 Å². The number of hydrogen-bond donors (Lipinski definition) is 4. The van der Waals surface area contributed by atoms with Gasteiger partial charge in [-0.1, -0.05) is 13.3 Å². The number of hydrogen-bond acceptors (Lipinski definition) is 5. The summed E-state index contributed by atoms with van der Waals surface area (Å²) < 4.78 is 5.39. The van der Waals surface area contributed by atoms with Gasteiger partial charge in [0.2, 0.25) is 0 Å². The van der Waals surface area contributed by atoms with Crippen molar-refractivity contribution in [3.05, 3.63) is 0 Å². The Morgan fingerprint density at radius 1 is 1.21 bits per heavy atom. The van der Waals surface area contributed by atoms with Crippen LogP contribution in [0.3, 0.4) is 0 Å². The molecule has 1 heterocycles. The van der Waals surface area contributed by atoms with E-state index in [1.807, 2.05) is 6.92 Å². The molecule has 0 unspecified atom stereocenters. The van der Waals surface area contributed by atoms with Crippen molar-refractivity contribution in [1.29, 1.82) is 0 Å². The zero-order chi connectivity index (χ0) is 10.7. The van der Waals surface area contributed by atoms with E-state index < -0.39 is 24.4 Å². The largest absolute Gasteiger partial charge is 0.394 e. The van der Waals surface area contributed by atoms with Crippen LogP contribution in [0, 0.1) is 0 Å². The third-order valence-corrected chi connectivity index (χ3v) is 2.66. The summed E-state index contributed by atoms with van der Waals surface area (Å²) in [4.78, 5) is 0. The highest BCUT2D eigenvalue weighted by atomic mass is 16.5. The molecule has 0 spiro atoms. The van der Waals surface area contributed by atoms with Gasteiger partial charge in [0.05, 0.1) is 18.8 Å². The number of ether oxygens (including phenoxy) is 1. The molecule has 14 heavy (non-hydrogen) atoms. The van der Waals surface area contributed by atoms with Crippen molar-refractivity contribution in [1.82, 2.24) is 0 Å². The van der Waals surface area contributed by atoms with Crippen LogP contribution in [0.15, 0.2) is 0 Å². The third-order valence-electron chi connectivity index (χ3n) is 2.66. The van der Waals surface area contributed by atoms with Gasteiger partial charge in [-0.2, -0.15) is 0 Å². The van der Waals surface area contributed by atoms with Gasteiger partial charge in [0.15, 0.2) is 0 Å². The summed E-state index contributed by atoms with van der Waals surface area (Å²) in [7, 11) is 0. The summed E-state index contributed by atoms with van der Waals surface area (Å²) in [6, 6.07) is -0.576. The summed E-state index contributed by atoms with van der Waals surface area (Å²) >= 11 is 0. The second-order valence-corrected chi connectivity index (χ2v) is 3.74. The Morgan fingerprint density at radius 3 is 2.36 bits per heavy atom. The van der Waals surface area contributed by atoms with Crippen molar-refractivity contribution in [3.63, 3.8) is 0 Å². The first-order chi connectivity index (χ1) is 6.61. The van der Waals surface area contributed by atoms with Crippen LogP contribution in [-0.4, -0.2) is 52.4 Å². The van der Waals surface area contributed by atoms with E-state index in [2.05, 4.69) is 0 Å². The van der Waals surface area contributed by atoms with Crippen molar-refractivity contribution >= 4 is 0 Å². The Labute approximate surface area is 83.5 Å².